The number of carbonyl (C=O) groups is 2. The van der Waals surface area contributed by atoms with Gasteiger partial charge in [0.1, 0.15) is 6.04 Å². The van der Waals surface area contributed by atoms with Gasteiger partial charge in [-0.25, -0.2) is 0 Å². The van der Waals surface area contributed by atoms with E-state index in [9.17, 15) is 9.59 Å². The lowest BCUT2D eigenvalue weighted by Gasteiger charge is -2.24. The van der Waals surface area contributed by atoms with Gasteiger partial charge in [0, 0.05) is 16.7 Å². The van der Waals surface area contributed by atoms with Crippen molar-refractivity contribution in [2.75, 3.05) is 16.8 Å². The van der Waals surface area contributed by atoms with Crippen LogP contribution in [-0.2, 0) is 9.59 Å². The van der Waals surface area contributed by atoms with Gasteiger partial charge in [0.25, 0.3) is 5.91 Å². The van der Waals surface area contributed by atoms with Gasteiger partial charge in [-0.3, -0.25) is 14.5 Å². The maximum Gasteiger partial charge on any atom is 0.256 e. The molecule has 0 aliphatic carbocycles. The van der Waals surface area contributed by atoms with Gasteiger partial charge in [0.2, 0.25) is 5.91 Å². The van der Waals surface area contributed by atoms with Crippen molar-refractivity contribution in [1.29, 1.82) is 0 Å². The summed E-state index contributed by atoms with van der Waals surface area (Å²) in [5.41, 5.74) is 1.44. The number of para-hydroxylation sites is 1. The number of hydrogen-bond acceptors (Lipinski definition) is 3. The third-order valence-corrected chi connectivity index (χ3v) is 6.29. The van der Waals surface area contributed by atoms with Gasteiger partial charge < -0.3 is 10.2 Å². The summed E-state index contributed by atoms with van der Waals surface area (Å²) in [6.45, 7) is 2.86. The summed E-state index contributed by atoms with van der Waals surface area (Å²) in [6.07, 6.45) is 5.65. The van der Waals surface area contributed by atoms with Gasteiger partial charge in [-0.05, 0) is 55.0 Å². The van der Waals surface area contributed by atoms with E-state index in [2.05, 4.69) is 28.2 Å². The molecule has 0 spiro atoms. The maximum atomic E-state index is 13.3. The second-order valence-electron chi connectivity index (χ2n) is 7.67. The van der Waals surface area contributed by atoms with E-state index in [4.69, 9.17) is 12.2 Å². The molecule has 7 heteroatoms. The Morgan fingerprint density at radius 1 is 1.03 bits per heavy atom. The largest absolute Gasteiger partial charge is 0.336 e. The van der Waals surface area contributed by atoms with Crippen molar-refractivity contribution in [3.63, 3.8) is 0 Å². The van der Waals surface area contributed by atoms with Gasteiger partial charge in [-0.1, -0.05) is 66.7 Å². The molecule has 0 saturated carbocycles. The number of amides is 2. The smallest absolute Gasteiger partial charge is 0.256 e. The Morgan fingerprint density at radius 3 is 2.39 bits per heavy atom. The van der Waals surface area contributed by atoms with E-state index >= 15 is 0 Å². The number of nitrogens with zero attached hydrogens (tertiary/aromatic N) is 2. The SMILES string of the molecule is CCCCCCCN1C(=S)N(c2ccccc2)C(=O)C1CC(=O)Nc1ccc(Br)cc1. The quantitative estimate of drug-likeness (QED) is 0.332. The minimum Gasteiger partial charge on any atom is -0.336 e. The van der Waals surface area contributed by atoms with Crippen molar-refractivity contribution in [3.05, 3.63) is 59.1 Å². The van der Waals surface area contributed by atoms with E-state index in [-0.39, 0.29) is 18.2 Å². The molecule has 5 nitrogen and oxygen atoms in total. The molecule has 1 heterocycles. The first-order chi connectivity index (χ1) is 15.0. The molecule has 1 atom stereocenters. The number of thiocarbonyl (C=S) groups is 1. The fourth-order valence-corrected chi connectivity index (χ4v) is 4.39. The number of rotatable bonds is 10. The summed E-state index contributed by atoms with van der Waals surface area (Å²) in [5.74, 6) is -0.343. The van der Waals surface area contributed by atoms with Crippen LogP contribution < -0.4 is 10.2 Å². The molecule has 2 amide bonds. The number of benzene rings is 2. The molecule has 164 valence electrons. The molecule has 1 aliphatic heterocycles. The highest BCUT2D eigenvalue weighted by Gasteiger charge is 2.43. The van der Waals surface area contributed by atoms with Gasteiger partial charge in [0.15, 0.2) is 5.11 Å². The molecule has 0 radical (unpaired) electrons. The predicted molar refractivity (Wildman–Crippen MR) is 133 cm³/mol. The fourth-order valence-electron chi connectivity index (χ4n) is 3.71. The summed E-state index contributed by atoms with van der Waals surface area (Å²) < 4.78 is 0.939. The monoisotopic (exact) mass is 501 g/mol. The molecule has 2 aromatic rings. The minimum atomic E-state index is -0.589. The highest BCUT2D eigenvalue weighted by Crippen LogP contribution is 2.28. The molecule has 1 unspecified atom stereocenters. The number of unbranched alkanes of at least 4 members (excludes halogenated alkanes) is 4. The molecule has 1 fully saturated rings. The van der Waals surface area contributed by atoms with Crippen LogP contribution in [0.2, 0.25) is 0 Å². The van der Waals surface area contributed by atoms with E-state index in [1.54, 1.807) is 4.90 Å². The Bertz CT molecular complexity index is 905. The number of nitrogens with one attached hydrogen (secondary N) is 1. The van der Waals surface area contributed by atoms with Gasteiger partial charge in [-0.15, -0.1) is 0 Å². The number of hydrogen-bond donors (Lipinski definition) is 1. The Hall–Kier alpha value is -2.25. The zero-order valence-electron chi connectivity index (χ0n) is 17.7. The van der Waals surface area contributed by atoms with Crippen LogP contribution in [0.4, 0.5) is 11.4 Å². The number of carbonyl (C=O) groups excluding carboxylic acids is 2. The van der Waals surface area contributed by atoms with Crippen LogP contribution in [0.3, 0.4) is 0 Å². The van der Waals surface area contributed by atoms with E-state index < -0.39 is 6.04 Å². The van der Waals surface area contributed by atoms with E-state index in [1.165, 1.54) is 19.3 Å². The normalized spacial score (nSPS) is 16.1. The van der Waals surface area contributed by atoms with Crippen molar-refractivity contribution < 1.29 is 9.59 Å². The summed E-state index contributed by atoms with van der Waals surface area (Å²) in [6, 6.07) is 16.2. The summed E-state index contributed by atoms with van der Waals surface area (Å²) >= 11 is 9.08. The van der Waals surface area contributed by atoms with Crippen molar-refractivity contribution in [3.8, 4) is 0 Å². The first-order valence-corrected chi connectivity index (χ1v) is 12.0. The zero-order valence-corrected chi connectivity index (χ0v) is 20.1. The molecule has 2 aromatic carbocycles. The second-order valence-corrected chi connectivity index (χ2v) is 8.96. The predicted octanol–water partition coefficient (Wildman–Crippen LogP) is 5.75. The lowest BCUT2D eigenvalue weighted by atomic mass is 10.1. The molecule has 1 aliphatic rings. The molecule has 0 aromatic heterocycles. The van der Waals surface area contributed by atoms with Crippen molar-refractivity contribution in [2.45, 2.75) is 51.5 Å². The van der Waals surface area contributed by atoms with Crippen LogP contribution in [0.1, 0.15) is 45.4 Å². The summed E-state index contributed by atoms with van der Waals surface area (Å²) in [7, 11) is 0. The average Bonchev–Trinajstić information content (AvgIpc) is 2.99. The van der Waals surface area contributed by atoms with E-state index in [0.717, 1.165) is 23.0 Å². The van der Waals surface area contributed by atoms with Crippen LogP contribution in [0.15, 0.2) is 59.1 Å². The van der Waals surface area contributed by atoms with Crippen molar-refractivity contribution in [1.82, 2.24) is 4.90 Å². The number of halogens is 1. The molecule has 1 N–H and O–H groups in total. The lowest BCUT2D eigenvalue weighted by Crippen LogP contribution is -2.38. The Kier molecular flexibility index (Phi) is 8.60. The molecular weight excluding hydrogens is 474 g/mol. The lowest BCUT2D eigenvalue weighted by molar-refractivity contribution is -0.124. The van der Waals surface area contributed by atoms with Gasteiger partial charge >= 0.3 is 0 Å². The van der Waals surface area contributed by atoms with Crippen molar-refractivity contribution in [2.24, 2.45) is 0 Å². The first kappa shape index (κ1) is 23.4. The van der Waals surface area contributed by atoms with Gasteiger partial charge in [0.05, 0.1) is 12.1 Å². The third kappa shape index (κ3) is 6.14. The minimum absolute atomic E-state index is 0.0628. The topological polar surface area (TPSA) is 52.7 Å². The van der Waals surface area contributed by atoms with Crippen LogP contribution in [0, 0.1) is 0 Å². The van der Waals surface area contributed by atoms with E-state index in [0.29, 0.717) is 17.3 Å². The standard InChI is InChI=1S/C24H28BrN3O2S/c1-2-3-4-5-9-16-27-21(17-22(29)26-19-14-12-18(25)13-15-19)23(30)28(24(27)31)20-10-7-6-8-11-20/h6-8,10-15,21H,2-5,9,16-17H2,1H3,(H,26,29). The Morgan fingerprint density at radius 2 is 1.71 bits per heavy atom. The molecule has 1 saturated heterocycles. The highest BCUT2D eigenvalue weighted by molar-refractivity contribution is 9.10. The van der Waals surface area contributed by atoms with Gasteiger partial charge in [-0.2, -0.15) is 0 Å². The van der Waals surface area contributed by atoms with Crippen LogP contribution in [0.25, 0.3) is 0 Å². The van der Waals surface area contributed by atoms with Crippen LogP contribution >= 0.6 is 28.1 Å². The number of anilines is 2. The first-order valence-electron chi connectivity index (χ1n) is 10.8. The molecular formula is C24H28BrN3O2S. The molecule has 31 heavy (non-hydrogen) atoms. The van der Waals surface area contributed by atoms with Crippen LogP contribution in [-0.4, -0.2) is 34.4 Å². The van der Waals surface area contributed by atoms with E-state index in [1.807, 2.05) is 59.5 Å². The second kappa shape index (κ2) is 11.4. The Balaban J connectivity index is 1.72. The van der Waals surface area contributed by atoms with Crippen LogP contribution in [0.5, 0.6) is 0 Å². The average molecular weight is 502 g/mol. The fraction of sp³-hybridized carbons (Fsp3) is 0.375. The molecule has 3 rings (SSSR count). The third-order valence-electron chi connectivity index (χ3n) is 5.34. The highest BCUT2D eigenvalue weighted by atomic mass is 79.9. The molecule has 0 bridgehead atoms. The summed E-state index contributed by atoms with van der Waals surface area (Å²) in [4.78, 5) is 29.5. The van der Waals surface area contributed by atoms with Crippen molar-refractivity contribution >= 4 is 56.4 Å². The zero-order chi connectivity index (χ0) is 22.2. The summed E-state index contributed by atoms with van der Waals surface area (Å²) in [5, 5.41) is 3.37. The maximum absolute atomic E-state index is 13.3. The Labute approximate surface area is 197 Å².